The molecule has 0 saturated heterocycles. The minimum atomic E-state index is -0.868. The standard InChI is InChI=1S/C23H24ClFN2O6/c1-13(2)26-11-21(28)27(23(26)30)19-8-7-17(10-18(19)25)32-12-15-5-6-16(24)9-20(15)33-14(3)22(29)31-4/h5-11,13-14,28H,12H2,1-4H3. The van der Waals surface area contributed by atoms with Crippen LogP contribution in [0.2, 0.25) is 5.02 Å². The maximum atomic E-state index is 14.8. The van der Waals surface area contributed by atoms with Crippen molar-refractivity contribution < 1.29 is 28.5 Å². The number of ether oxygens (including phenoxy) is 3. The zero-order valence-electron chi connectivity index (χ0n) is 18.5. The van der Waals surface area contributed by atoms with Crippen molar-refractivity contribution in [3.63, 3.8) is 0 Å². The minimum absolute atomic E-state index is 0.00585. The number of hydrogen-bond donors (Lipinski definition) is 1. The van der Waals surface area contributed by atoms with Crippen molar-refractivity contribution in [1.29, 1.82) is 0 Å². The zero-order valence-corrected chi connectivity index (χ0v) is 19.3. The van der Waals surface area contributed by atoms with Gasteiger partial charge in [0.25, 0.3) is 0 Å². The van der Waals surface area contributed by atoms with Gasteiger partial charge in [0.05, 0.1) is 19.0 Å². The lowest BCUT2D eigenvalue weighted by Crippen LogP contribution is -2.25. The summed E-state index contributed by atoms with van der Waals surface area (Å²) < 4.78 is 33.0. The molecule has 1 heterocycles. The number of nitrogens with zero attached hydrogens (tertiary/aromatic N) is 2. The quantitative estimate of drug-likeness (QED) is 0.487. The molecule has 0 aliphatic heterocycles. The van der Waals surface area contributed by atoms with Gasteiger partial charge in [0.1, 0.15) is 18.1 Å². The van der Waals surface area contributed by atoms with Gasteiger partial charge >= 0.3 is 11.7 Å². The molecule has 0 spiro atoms. The zero-order chi connectivity index (χ0) is 24.3. The molecule has 1 atom stereocenters. The van der Waals surface area contributed by atoms with E-state index in [4.69, 9.17) is 21.1 Å². The van der Waals surface area contributed by atoms with E-state index in [1.54, 1.807) is 26.0 Å². The number of benzene rings is 2. The first-order valence-corrected chi connectivity index (χ1v) is 10.5. The van der Waals surface area contributed by atoms with Crippen molar-refractivity contribution >= 4 is 17.6 Å². The van der Waals surface area contributed by atoms with Gasteiger partial charge in [-0.3, -0.25) is 4.57 Å². The van der Waals surface area contributed by atoms with Crippen LogP contribution in [0.15, 0.2) is 47.4 Å². The Morgan fingerprint density at radius 2 is 1.91 bits per heavy atom. The molecule has 1 aromatic heterocycles. The number of imidazole rings is 1. The number of halogens is 2. The Morgan fingerprint density at radius 3 is 2.52 bits per heavy atom. The maximum Gasteiger partial charge on any atom is 0.346 e. The van der Waals surface area contributed by atoms with Crippen molar-refractivity contribution in [2.24, 2.45) is 0 Å². The number of esters is 1. The molecule has 0 radical (unpaired) electrons. The fourth-order valence-corrected chi connectivity index (χ4v) is 3.29. The van der Waals surface area contributed by atoms with E-state index in [0.717, 1.165) is 10.6 Å². The van der Waals surface area contributed by atoms with Gasteiger partial charge < -0.3 is 19.3 Å². The summed E-state index contributed by atoms with van der Waals surface area (Å²) in [6.45, 7) is 5.09. The fraction of sp³-hybridized carbons (Fsp3) is 0.304. The van der Waals surface area contributed by atoms with Crippen LogP contribution in [0.4, 0.5) is 4.39 Å². The molecule has 0 saturated carbocycles. The van der Waals surface area contributed by atoms with E-state index in [2.05, 4.69) is 4.74 Å². The largest absolute Gasteiger partial charge is 0.493 e. The summed E-state index contributed by atoms with van der Waals surface area (Å²) in [5.41, 5.74) is -0.0908. The van der Waals surface area contributed by atoms with Gasteiger partial charge in [0.15, 0.2) is 11.9 Å². The Kier molecular flexibility index (Phi) is 7.33. The normalized spacial score (nSPS) is 12.0. The molecule has 0 amide bonds. The van der Waals surface area contributed by atoms with Gasteiger partial charge in [-0.1, -0.05) is 17.7 Å². The second-order valence-corrected chi connectivity index (χ2v) is 7.98. The summed E-state index contributed by atoms with van der Waals surface area (Å²) in [6.07, 6.45) is 0.391. The Morgan fingerprint density at radius 1 is 1.18 bits per heavy atom. The molecule has 0 aliphatic rings. The van der Waals surface area contributed by atoms with Crippen LogP contribution in [-0.4, -0.2) is 33.4 Å². The lowest BCUT2D eigenvalue weighted by Gasteiger charge is -2.17. The molecule has 33 heavy (non-hydrogen) atoms. The number of carbonyl (C=O) groups excluding carboxylic acids is 1. The van der Waals surface area contributed by atoms with Crippen LogP contribution in [0.1, 0.15) is 32.4 Å². The van der Waals surface area contributed by atoms with Crippen LogP contribution >= 0.6 is 11.6 Å². The Bertz CT molecular complexity index is 1220. The first kappa shape index (κ1) is 24.2. The predicted octanol–water partition coefficient (Wildman–Crippen LogP) is 4.24. The minimum Gasteiger partial charge on any atom is -0.493 e. The van der Waals surface area contributed by atoms with E-state index in [0.29, 0.717) is 16.3 Å². The average Bonchev–Trinajstić information content (AvgIpc) is 3.07. The van der Waals surface area contributed by atoms with E-state index in [9.17, 15) is 19.1 Å². The highest BCUT2D eigenvalue weighted by Gasteiger charge is 2.19. The maximum absolute atomic E-state index is 14.8. The van der Waals surface area contributed by atoms with Crippen molar-refractivity contribution in [2.75, 3.05) is 7.11 Å². The SMILES string of the molecule is COC(=O)C(C)Oc1cc(Cl)ccc1COc1ccc(-n2c(O)cn(C(C)C)c2=O)c(F)c1. The molecule has 8 nitrogen and oxygen atoms in total. The summed E-state index contributed by atoms with van der Waals surface area (Å²) in [7, 11) is 1.26. The molecular formula is C23H24ClFN2O6. The second-order valence-electron chi connectivity index (χ2n) is 7.54. The van der Waals surface area contributed by atoms with Crippen LogP contribution in [-0.2, 0) is 16.1 Å². The highest BCUT2D eigenvalue weighted by atomic mass is 35.5. The number of aromatic hydroxyl groups is 1. The Balaban J connectivity index is 1.81. The van der Waals surface area contributed by atoms with Crippen LogP contribution < -0.4 is 15.2 Å². The average molecular weight is 479 g/mol. The molecule has 0 aliphatic carbocycles. The molecule has 176 valence electrons. The second kappa shape index (κ2) is 9.99. The summed E-state index contributed by atoms with van der Waals surface area (Å²) in [4.78, 5) is 24.2. The highest BCUT2D eigenvalue weighted by Crippen LogP contribution is 2.28. The molecule has 3 aromatic rings. The molecule has 10 heteroatoms. The molecule has 0 fully saturated rings. The molecule has 0 bridgehead atoms. The number of aromatic nitrogens is 2. The van der Waals surface area contributed by atoms with Gasteiger partial charge in [-0.05, 0) is 45.0 Å². The summed E-state index contributed by atoms with van der Waals surface area (Å²) in [5, 5.41) is 10.5. The van der Waals surface area contributed by atoms with Crippen molar-refractivity contribution in [1.82, 2.24) is 9.13 Å². The molecular weight excluding hydrogens is 455 g/mol. The number of rotatable bonds is 8. The van der Waals surface area contributed by atoms with Crippen molar-refractivity contribution in [3.05, 3.63) is 69.5 Å². The summed E-state index contributed by atoms with van der Waals surface area (Å²) in [5.74, 6) is -1.16. The monoisotopic (exact) mass is 478 g/mol. The lowest BCUT2D eigenvalue weighted by atomic mass is 10.2. The van der Waals surface area contributed by atoms with Gasteiger partial charge in [-0.25, -0.2) is 18.5 Å². The van der Waals surface area contributed by atoms with E-state index in [1.807, 2.05) is 0 Å². The van der Waals surface area contributed by atoms with Gasteiger partial charge in [-0.2, -0.15) is 0 Å². The van der Waals surface area contributed by atoms with Gasteiger partial charge in [-0.15, -0.1) is 0 Å². The van der Waals surface area contributed by atoms with E-state index < -0.39 is 23.6 Å². The fourth-order valence-electron chi connectivity index (χ4n) is 3.13. The first-order valence-electron chi connectivity index (χ1n) is 10.1. The first-order chi connectivity index (χ1) is 15.6. The third-order valence-electron chi connectivity index (χ3n) is 4.87. The van der Waals surface area contributed by atoms with Crippen LogP contribution in [0, 0.1) is 5.82 Å². The lowest BCUT2D eigenvalue weighted by molar-refractivity contribution is -0.147. The molecule has 1 N–H and O–H groups in total. The smallest absolute Gasteiger partial charge is 0.346 e. The van der Waals surface area contributed by atoms with E-state index >= 15 is 0 Å². The molecule has 2 aromatic carbocycles. The highest BCUT2D eigenvalue weighted by molar-refractivity contribution is 6.30. The van der Waals surface area contributed by atoms with Crippen LogP contribution in [0.25, 0.3) is 5.69 Å². The number of carbonyl (C=O) groups is 1. The predicted molar refractivity (Wildman–Crippen MR) is 120 cm³/mol. The molecule has 3 rings (SSSR count). The van der Waals surface area contributed by atoms with Crippen LogP contribution in [0.3, 0.4) is 0 Å². The molecule has 1 unspecified atom stereocenters. The Labute approximate surface area is 194 Å². The van der Waals surface area contributed by atoms with E-state index in [-0.39, 0.29) is 30.0 Å². The van der Waals surface area contributed by atoms with Gasteiger partial charge in [0.2, 0.25) is 5.88 Å². The topological polar surface area (TPSA) is 91.9 Å². The summed E-state index contributed by atoms with van der Waals surface area (Å²) in [6, 6.07) is 8.57. The van der Waals surface area contributed by atoms with Crippen LogP contribution in [0.5, 0.6) is 17.4 Å². The van der Waals surface area contributed by atoms with Crippen molar-refractivity contribution in [2.45, 2.75) is 39.5 Å². The van der Waals surface area contributed by atoms with Gasteiger partial charge in [0, 0.05) is 22.7 Å². The third-order valence-corrected chi connectivity index (χ3v) is 5.11. The van der Waals surface area contributed by atoms with E-state index in [1.165, 1.54) is 43.0 Å². The summed E-state index contributed by atoms with van der Waals surface area (Å²) >= 11 is 6.04. The Hall–Kier alpha value is -3.46. The third kappa shape index (κ3) is 5.31. The number of hydrogen-bond acceptors (Lipinski definition) is 6. The van der Waals surface area contributed by atoms with Crippen molar-refractivity contribution in [3.8, 4) is 23.1 Å². The number of methoxy groups -OCH3 is 1.